The molecule has 0 saturated carbocycles. The Morgan fingerprint density at radius 1 is 1.10 bits per heavy atom. The molecule has 2 heterocycles. The van der Waals surface area contributed by atoms with E-state index < -0.39 is 18.5 Å². The van der Waals surface area contributed by atoms with Gasteiger partial charge in [0.1, 0.15) is 5.76 Å². The Hall–Kier alpha value is -3.52. The van der Waals surface area contributed by atoms with E-state index >= 15 is 0 Å². The number of para-hydroxylation sites is 1. The van der Waals surface area contributed by atoms with Gasteiger partial charge < -0.3 is 14.6 Å². The topological polar surface area (TPSA) is 94.3 Å². The van der Waals surface area contributed by atoms with Crippen LogP contribution in [0.15, 0.2) is 63.6 Å². The molecule has 2 aromatic carbocycles. The number of amides is 1. The first-order valence-corrected chi connectivity index (χ1v) is 10.3. The molecular formula is C23H18BrN3O4. The van der Waals surface area contributed by atoms with Crippen LogP contribution in [0.4, 0.5) is 5.82 Å². The summed E-state index contributed by atoms with van der Waals surface area (Å²) in [7, 11) is 0. The molecule has 0 saturated heterocycles. The number of halogens is 1. The Morgan fingerprint density at radius 3 is 2.58 bits per heavy atom. The summed E-state index contributed by atoms with van der Waals surface area (Å²) in [4.78, 5) is 29.8. The van der Waals surface area contributed by atoms with E-state index in [4.69, 9.17) is 14.2 Å². The number of benzene rings is 2. The lowest BCUT2D eigenvalue weighted by molar-refractivity contribution is -0.119. The molecule has 1 amide bonds. The number of pyridine rings is 1. The SMILES string of the molecule is Cc1cc(NC(=O)COC(=O)c2cc(-c3ccc(Br)cc3)nc3c(C)cccc23)no1. The number of ether oxygens (including phenoxy) is 1. The molecule has 4 aromatic rings. The van der Waals surface area contributed by atoms with Gasteiger partial charge in [-0.2, -0.15) is 0 Å². The smallest absolute Gasteiger partial charge is 0.339 e. The number of aryl methyl sites for hydroxylation is 2. The Bertz CT molecular complexity index is 1280. The zero-order valence-electron chi connectivity index (χ0n) is 16.8. The van der Waals surface area contributed by atoms with Crippen molar-refractivity contribution in [2.75, 3.05) is 11.9 Å². The zero-order valence-corrected chi connectivity index (χ0v) is 18.4. The van der Waals surface area contributed by atoms with Crippen LogP contribution in [0.25, 0.3) is 22.2 Å². The third kappa shape index (κ3) is 4.64. The zero-order chi connectivity index (χ0) is 22.0. The summed E-state index contributed by atoms with van der Waals surface area (Å²) < 4.78 is 11.1. The minimum atomic E-state index is -0.608. The molecule has 8 heteroatoms. The van der Waals surface area contributed by atoms with Crippen molar-refractivity contribution in [1.29, 1.82) is 0 Å². The minimum Gasteiger partial charge on any atom is -0.452 e. The molecule has 0 aliphatic carbocycles. The van der Waals surface area contributed by atoms with E-state index in [-0.39, 0.29) is 5.82 Å². The van der Waals surface area contributed by atoms with Crippen LogP contribution < -0.4 is 5.32 Å². The molecule has 31 heavy (non-hydrogen) atoms. The van der Waals surface area contributed by atoms with Crippen LogP contribution in [-0.4, -0.2) is 28.6 Å². The molecule has 0 fully saturated rings. The monoisotopic (exact) mass is 479 g/mol. The molecular weight excluding hydrogens is 462 g/mol. The van der Waals surface area contributed by atoms with Gasteiger partial charge in [0.05, 0.1) is 16.8 Å². The first kappa shape index (κ1) is 20.7. The van der Waals surface area contributed by atoms with Crippen molar-refractivity contribution in [1.82, 2.24) is 10.1 Å². The predicted octanol–water partition coefficient (Wildman–Crippen LogP) is 5.06. The standard InChI is InChI=1S/C23H18BrN3O4/c1-13-4-3-5-17-18(11-19(25-22(13)17)15-6-8-16(24)9-7-15)23(29)30-12-21(28)26-20-10-14(2)31-27-20/h3-11H,12H2,1-2H3,(H,26,27,28). The Balaban J connectivity index is 1.62. The molecule has 4 rings (SSSR count). The first-order chi connectivity index (χ1) is 14.9. The number of nitrogens with zero attached hydrogens (tertiary/aromatic N) is 2. The summed E-state index contributed by atoms with van der Waals surface area (Å²) in [6, 6.07) is 16.5. The van der Waals surface area contributed by atoms with Gasteiger partial charge in [0.2, 0.25) is 0 Å². The first-order valence-electron chi connectivity index (χ1n) is 9.47. The summed E-state index contributed by atoms with van der Waals surface area (Å²) in [6.45, 7) is 3.19. The molecule has 0 radical (unpaired) electrons. The molecule has 0 unspecified atom stereocenters. The molecule has 0 aliphatic rings. The number of nitrogens with one attached hydrogen (secondary N) is 1. The number of carbonyl (C=O) groups excluding carboxylic acids is 2. The highest BCUT2D eigenvalue weighted by atomic mass is 79.9. The number of esters is 1. The van der Waals surface area contributed by atoms with Crippen molar-refractivity contribution in [3.63, 3.8) is 0 Å². The second-order valence-electron chi connectivity index (χ2n) is 6.98. The second-order valence-corrected chi connectivity index (χ2v) is 7.90. The highest BCUT2D eigenvalue weighted by Gasteiger charge is 2.18. The fraction of sp³-hybridized carbons (Fsp3) is 0.130. The van der Waals surface area contributed by atoms with Crippen LogP contribution in [0.3, 0.4) is 0 Å². The molecule has 0 aliphatic heterocycles. The largest absolute Gasteiger partial charge is 0.452 e. The van der Waals surface area contributed by atoms with Crippen LogP contribution in [-0.2, 0) is 9.53 Å². The number of carbonyl (C=O) groups is 2. The van der Waals surface area contributed by atoms with Gasteiger partial charge in [-0.25, -0.2) is 9.78 Å². The van der Waals surface area contributed by atoms with Crippen molar-refractivity contribution >= 4 is 44.5 Å². The maximum atomic E-state index is 12.9. The second kappa shape index (κ2) is 8.69. The average Bonchev–Trinajstić information content (AvgIpc) is 3.16. The molecule has 0 spiro atoms. The quantitative estimate of drug-likeness (QED) is 0.401. The maximum Gasteiger partial charge on any atom is 0.339 e. The fourth-order valence-corrected chi connectivity index (χ4v) is 3.41. The van der Waals surface area contributed by atoms with Crippen molar-refractivity contribution < 1.29 is 18.8 Å². The highest BCUT2D eigenvalue weighted by Crippen LogP contribution is 2.28. The van der Waals surface area contributed by atoms with Crippen LogP contribution >= 0.6 is 15.9 Å². The summed E-state index contributed by atoms with van der Waals surface area (Å²) in [5.74, 6) is -0.292. The molecule has 0 bridgehead atoms. The van der Waals surface area contributed by atoms with E-state index in [2.05, 4.69) is 26.4 Å². The predicted molar refractivity (Wildman–Crippen MR) is 120 cm³/mol. The van der Waals surface area contributed by atoms with Crippen LogP contribution in [0.5, 0.6) is 0 Å². The maximum absolute atomic E-state index is 12.9. The minimum absolute atomic E-state index is 0.265. The van der Waals surface area contributed by atoms with Gasteiger partial charge in [0.15, 0.2) is 12.4 Å². The Kier molecular flexibility index (Phi) is 5.81. The third-order valence-electron chi connectivity index (χ3n) is 4.63. The lowest BCUT2D eigenvalue weighted by Crippen LogP contribution is -2.21. The van der Waals surface area contributed by atoms with Gasteiger partial charge in [-0.15, -0.1) is 0 Å². The summed E-state index contributed by atoms with van der Waals surface area (Å²) in [5, 5.41) is 6.87. The summed E-state index contributed by atoms with van der Waals surface area (Å²) in [5.41, 5.74) is 3.49. The van der Waals surface area contributed by atoms with Crippen LogP contribution in [0.1, 0.15) is 21.7 Å². The number of rotatable bonds is 5. The van der Waals surface area contributed by atoms with Gasteiger partial charge in [-0.1, -0.05) is 51.4 Å². The van der Waals surface area contributed by atoms with E-state index in [1.807, 2.05) is 49.4 Å². The number of hydrogen-bond donors (Lipinski definition) is 1. The fourth-order valence-electron chi connectivity index (χ4n) is 3.14. The number of anilines is 1. The van der Waals surface area contributed by atoms with Crippen molar-refractivity contribution in [3.05, 3.63) is 76.0 Å². The number of hydrogen-bond acceptors (Lipinski definition) is 6. The summed E-state index contributed by atoms with van der Waals surface area (Å²) in [6.07, 6.45) is 0. The van der Waals surface area contributed by atoms with Gasteiger partial charge >= 0.3 is 5.97 Å². The van der Waals surface area contributed by atoms with Crippen molar-refractivity contribution in [3.8, 4) is 11.3 Å². The van der Waals surface area contributed by atoms with Gasteiger partial charge in [-0.05, 0) is 37.6 Å². The van der Waals surface area contributed by atoms with E-state index in [0.29, 0.717) is 27.9 Å². The Labute approximate surface area is 186 Å². The van der Waals surface area contributed by atoms with Crippen LogP contribution in [0.2, 0.25) is 0 Å². The molecule has 7 nitrogen and oxygen atoms in total. The molecule has 1 N–H and O–H groups in total. The van der Waals surface area contributed by atoms with Gasteiger partial charge in [-0.3, -0.25) is 4.79 Å². The van der Waals surface area contributed by atoms with Crippen molar-refractivity contribution in [2.24, 2.45) is 0 Å². The van der Waals surface area contributed by atoms with E-state index in [1.54, 1.807) is 19.1 Å². The lowest BCUT2D eigenvalue weighted by atomic mass is 10.0. The lowest BCUT2D eigenvalue weighted by Gasteiger charge is -2.11. The number of aromatic nitrogens is 2. The van der Waals surface area contributed by atoms with Crippen molar-refractivity contribution in [2.45, 2.75) is 13.8 Å². The highest BCUT2D eigenvalue weighted by molar-refractivity contribution is 9.10. The average molecular weight is 480 g/mol. The third-order valence-corrected chi connectivity index (χ3v) is 5.16. The van der Waals surface area contributed by atoms with E-state index in [9.17, 15) is 9.59 Å². The normalized spacial score (nSPS) is 10.8. The Morgan fingerprint density at radius 2 is 1.87 bits per heavy atom. The number of fused-ring (bicyclic) bond motifs is 1. The summed E-state index contributed by atoms with van der Waals surface area (Å²) >= 11 is 3.42. The molecule has 2 aromatic heterocycles. The van der Waals surface area contributed by atoms with Gasteiger partial charge in [0.25, 0.3) is 5.91 Å². The molecule has 0 atom stereocenters. The van der Waals surface area contributed by atoms with E-state index in [1.165, 1.54) is 0 Å². The molecule has 156 valence electrons. The van der Waals surface area contributed by atoms with Crippen LogP contribution in [0, 0.1) is 13.8 Å². The van der Waals surface area contributed by atoms with E-state index in [0.717, 1.165) is 15.6 Å². The van der Waals surface area contributed by atoms with Gasteiger partial charge in [0, 0.05) is 21.5 Å².